The minimum atomic E-state index is -0.261. The summed E-state index contributed by atoms with van der Waals surface area (Å²) in [4.78, 5) is 32.0. The van der Waals surface area contributed by atoms with E-state index in [1.807, 2.05) is 54.6 Å². The number of rotatable bonds is 0. The highest BCUT2D eigenvalue weighted by atomic mass is 16.3. The van der Waals surface area contributed by atoms with Gasteiger partial charge in [-0.1, -0.05) is 54.6 Å². The number of aromatic hydroxyl groups is 1. The number of nitrogens with two attached hydrogens (primary N) is 1. The Morgan fingerprint density at radius 3 is 2.00 bits per heavy atom. The Labute approximate surface area is 202 Å². The Hall–Kier alpha value is -5.03. The van der Waals surface area contributed by atoms with Crippen LogP contribution in [0, 0.1) is 0 Å². The maximum Gasteiger partial charge on any atom is 0.196 e. The van der Waals surface area contributed by atoms with Crippen LogP contribution < -0.4 is 16.6 Å². The molecule has 5 heteroatoms. The molecule has 0 bridgehead atoms. The van der Waals surface area contributed by atoms with Crippen molar-refractivity contribution in [1.82, 2.24) is 4.98 Å². The van der Waals surface area contributed by atoms with E-state index in [4.69, 9.17) is 10.7 Å². The van der Waals surface area contributed by atoms with Crippen molar-refractivity contribution in [2.24, 2.45) is 0 Å². The van der Waals surface area contributed by atoms with Crippen molar-refractivity contribution in [2.75, 3.05) is 5.73 Å². The molecule has 1 aromatic heterocycles. The second-order valence-electron chi connectivity index (χ2n) is 9.36. The minimum Gasteiger partial charge on any atom is -0.507 e. The zero-order valence-corrected chi connectivity index (χ0v) is 18.8. The fraction of sp³-hybridized carbons (Fsp3) is 0. The second-order valence-corrected chi connectivity index (χ2v) is 9.36. The lowest BCUT2D eigenvalue weighted by atomic mass is 9.90. The summed E-state index contributed by atoms with van der Waals surface area (Å²) in [5.41, 5.74) is 7.07. The molecule has 5 nitrogen and oxygen atoms in total. The summed E-state index contributed by atoms with van der Waals surface area (Å²) < 4.78 is 0. The van der Waals surface area contributed by atoms with Crippen molar-refractivity contribution in [2.45, 2.75) is 0 Å². The van der Waals surface area contributed by atoms with Gasteiger partial charge in [-0.15, -0.1) is 0 Å². The van der Waals surface area contributed by atoms with Crippen LogP contribution in [0.4, 0.5) is 5.69 Å². The fourth-order valence-corrected chi connectivity index (χ4v) is 6.03. The first-order valence-electron chi connectivity index (χ1n) is 11.7. The fourth-order valence-electron chi connectivity index (χ4n) is 6.03. The highest BCUT2D eigenvalue weighted by molar-refractivity contribution is 6.34. The van der Waals surface area contributed by atoms with Crippen molar-refractivity contribution in [3.63, 3.8) is 0 Å². The number of phenolic OH excluding ortho intramolecular Hbond substituents is 1. The summed E-state index contributed by atoms with van der Waals surface area (Å²) in [5, 5.41) is 19.5. The molecule has 8 rings (SSSR count). The minimum absolute atomic E-state index is 0.244. The Morgan fingerprint density at radius 1 is 0.528 bits per heavy atom. The predicted octanol–water partition coefficient (Wildman–Crippen LogP) is 6.04. The first-order chi connectivity index (χ1) is 17.5. The Kier molecular flexibility index (Phi) is 3.40. The van der Waals surface area contributed by atoms with Crippen molar-refractivity contribution in [3.8, 4) is 5.75 Å². The highest BCUT2D eigenvalue weighted by Gasteiger charge is 2.20. The van der Waals surface area contributed by atoms with E-state index in [0.29, 0.717) is 32.9 Å². The molecule has 0 spiro atoms. The molecule has 0 radical (unpaired) electrons. The first-order valence-corrected chi connectivity index (χ1v) is 11.7. The van der Waals surface area contributed by atoms with Gasteiger partial charge in [0.15, 0.2) is 10.9 Å². The molecule has 0 saturated carbocycles. The SMILES string of the molecule is Nc1cccc2c(=O)c3c(ccc4c5ccc6c(O)c7ccccc7c7ccc(nc43)c5c67)c(=O)c12. The van der Waals surface area contributed by atoms with Gasteiger partial charge in [0, 0.05) is 43.4 Å². The zero-order chi connectivity index (χ0) is 24.3. The van der Waals surface area contributed by atoms with Gasteiger partial charge in [0.25, 0.3) is 0 Å². The van der Waals surface area contributed by atoms with E-state index in [0.717, 1.165) is 43.1 Å². The molecule has 0 aliphatic heterocycles. The second kappa shape index (κ2) is 6.34. The van der Waals surface area contributed by atoms with E-state index in [2.05, 4.69) is 0 Å². The van der Waals surface area contributed by atoms with Crippen molar-refractivity contribution in [3.05, 3.63) is 99.3 Å². The molecule has 8 aromatic rings. The van der Waals surface area contributed by atoms with Crippen molar-refractivity contribution in [1.29, 1.82) is 0 Å². The van der Waals surface area contributed by atoms with Crippen LogP contribution in [0.1, 0.15) is 0 Å². The van der Waals surface area contributed by atoms with Crippen LogP contribution in [0.2, 0.25) is 0 Å². The van der Waals surface area contributed by atoms with Gasteiger partial charge >= 0.3 is 0 Å². The van der Waals surface area contributed by atoms with Crippen molar-refractivity contribution < 1.29 is 5.11 Å². The lowest BCUT2D eigenvalue weighted by Gasteiger charge is -2.16. The molecule has 0 amide bonds. The normalized spacial score (nSPS) is 12.3. The van der Waals surface area contributed by atoms with Crippen molar-refractivity contribution >= 4 is 81.4 Å². The number of benzene rings is 7. The molecule has 1 heterocycles. The lowest BCUT2D eigenvalue weighted by molar-refractivity contribution is 0.488. The predicted molar refractivity (Wildman–Crippen MR) is 148 cm³/mol. The molecule has 0 fully saturated rings. The van der Waals surface area contributed by atoms with Gasteiger partial charge in [0.2, 0.25) is 0 Å². The number of nitrogens with zero attached hydrogens (tertiary/aromatic N) is 1. The third kappa shape index (κ3) is 2.14. The Bertz CT molecular complexity index is 2380. The van der Waals surface area contributed by atoms with E-state index in [9.17, 15) is 14.7 Å². The van der Waals surface area contributed by atoms with Gasteiger partial charge < -0.3 is 10.8 Å². The quantitative estimate of drug-likeness (QED) is 0.162. The standard InChI is InChI=1S/C31H16N2O3/c32-22-7-3-6-19-25(22)30(35)21-11-9-17-16-8-10-20-24-15(14-4-1-2-5-18(14)29(20)34)12-13-23(26(16)24)33-28(17)27(21)31(19)36/h1-13,34H,32H2. The molecule has 7 aromatic carbocycles. The number of fused-ring (bicyclic) bond motifs is 7. The van der Waals surface area contributed by atoms with E-state index in [1.165, 1.54) is 0 Å². The van der Waals surface area contributed by atoms with Crippen LogP contribution in [-0.4, -0.2) is 10.1 Å². The molecule has 168 valence electrons. The summed E-state index contributed by atoms with van der Waals surface area (Å²) in [6.45, 7) is 0. The van der Waals surface area contributed by atoms with E-state index in [-0.39, 0.29) is 22.0 Å². The number of hydrogen-bond acceptors (Lipinski definition) is 5. The van der Waals surface area contributed by atoms with Gasteiger partial charge in [0.1, 0.15) is 5.75 Å². The van der Waals surface area contributed by atoms with Gasteiger partial charge in [-0.25, -0.2) is 4.98 Å². The average molecular weight is 464 g/mol. The van der Waals surface area contributed by atoms with Gasteiger partial charge in [0.05, 0.1) is 21.8 Å². The van der Waals surface area contributed by atoms with Gasteiger partial charge in [-0.2, -0.15) is 0 Å². The number of anilines is 1. The number of aromatic nitrogens is 1. The molecule has 0 aliphatic carbocycles. The molecule has 0 unspecified atom stereocenters. The van der Waals surface area contributed by atoms with Crippen LogP contribution in [0.3, 0.4) is 0 Å². The summed E-state index contributed by atoms with van der Waals surface area (Å²) in [7, 11) is 0. The third-order valence-electron chi connectivity index (χ3n) is 7.61. The molecular weight excluding hydrogens is 448 g/mol. The summed E-state index contributed by atoms with van der Waals surface area (Å²) >= 11 is 0. The molecule has 0 saturated heterocycles. The van der Waals surface area contributed by atoms with Gasteiger partial charge in [-0.3, -0.25) is 9.59 Å². The van der Waals surface area contributed by atoms with E-state index < -0.39 is 0 Å². The van der Waals surface area contributed by atoms with Crippen LogP contribution >= 0.6 is 0 Å². The number of nitrogen functional groups attached to an aromatic ring is 1. The Morgan fingerprint density at radius 2 is 1.14 bits per heavy atom. The average Bonchev–Trinajstić information content (AvgIpc) is 2.90. The molecule has 0 aliphatic rings. The molecule has 36 heavy (non-hydrogen) atoms. The van der Waals surface area contributed by atoms with Crippen LogP contribution in [-0.2, 0) is 0 Å². The van der Waals surface area contributed by atoms with Crippen LogP contribution in [0.15, 0.2) is 88.5 Å². The first kappa shape index (κ1) is 19.3. The zero-order valence-electron chi connectivity index (χ0n) is 18.8. The van der Waals surface area contributed by atoms with E-state index in [1.54, 1.807) is 24.3 Å². The Balaban J connectivity index is 1.65. The highest BCUT2D eigenvalue weighted by Crippen LogP contribution is 2.45. The summed E-state index contributed by atoms with van der Waals surface area (Å²) in [5.74, 6) is 0.244. The lowest BCUT2D eigenvalue weighted by Crippen LogP contribution is -2.15. The van der Waals surface area contributed by atoms with Gasteiger partial charge in [-0.05, 0) is 40.4 Å². The molecule has 0 atom stereocenters. The topological polar surface area (TPSA) is 93.3 Å². The maximum absolute atomic E-state index is 13.7. The summed E-state index contributed by atoms with van der Waals surface area (Å²) in [6, 6.07) is 24.2. The third-order valence-corrected chi connectivity index (χ3v) is 7.61. The largest absolute Gasteiger partial charge is 0.507 e. The summed E-state index contributed by atoms with van der Waals surface area (Å²) in [6.07, 6.45) is 0. The number of pyridine rings is 1. The maximum atomic E-state index is 13.7. The monoisotopic (exact) mass is 464 g/mol. The molecule has 3 N–H and O–H groups in total. The van der Waals surface area contributed by atoms with E-state index >= 15 is 0 Å². The van der Waals surface area contributed by atoms with Crippen LogP contribution in [0.5, 0.6) is 5.75 Å². The van der Waals surface area contributed by atoms with Crippen LogP contribution in [0.25, 0.3) is 75.7 Å². The number of phenols is 1. The smallest absolute Gasteiger partial charge is 0.196 e. The number of hydrogen-bond donors (Lipinski definition) is 2. The molecular formula is C31H16N2O3.